The number of aliphatic carboxylic acids is 1. The van der Waals surface area contributed by atoms with E-state index in [1.54, 1.807) is 27.7 Å². The van der Waals surface area contributed by atoms with Crippen LogP contribution >= 0.6 is 0 Å². The van der Waals surface area contributed by atoms with Crippen LogP contribution in [0.1, 0.15) is 85.1 Å². The molecule has 1 saturated heterocycles. The van der Waals surface area contributed by atoms with Gasteiger partial charge in [-0.1, -0.05) is 52.7 Å². The molecule has 0 aliphatic carbocycles. The van der Waals surface area contributed by atoms with E-state index < -0.39 is 151 Å². The number of aromatic hydroxyl groups is 1. The minimum Gasteiger partial charge on any atom is -0.508 e. The molecule has 0 saturated carbocycles. The number of rotatable bonds is 31. The molecule has 28 nitrogen and oxygen atoms in total. The number of hydrogen-bond donors (Lipinski definition) is 17. The van der Waals surface area contributed by atoms with E-state index >= 15 is 0 Å². The number of benzene rings is 1. The van der Waals surface area contributed by atoms with Gasteiger partial charge in [-0.3, -0.25) is 59.6 Å². The van der Waals surface area contributed by atoms with E-state index in [4.69, 9.17) is 17.2 Å². The van der Waals surface area contributed by atoms with Crippen LogP contribution in [-0.4, -0.2) is 182 Å². The monoisotopic (exact) mass is 1050 g/mol. The lowest BCUT2D eigenvalue weighted by atomic mass is 9.95. The van der Waals surface area contributed by atoms with Gasteiger partial charge in [-0.15, -0.1) is 0 Å². The highest BCUT2D eigenvalue weighted by Crippen LogP contribution is 2.21. The Balaban J connectivity index is 2.41. The molecule has 9 amide bonds. The average Bonchev–Trinajstić information content (AvgIpc) is 3.85. The van der Waals surface area contributed by atoms with Crippen molar-refractivity contribution in [1.29, 1.82) is 0 Å². The highest BCUT2D eigenvalue weighted by Gasteiger charge is 2.41. The lowest BCUT2D eigenvalue weighted by Crippen LogP contribution is -2.78. The standard InChI is InChI=1S/C46H75N13O15/c1-6-22(3)34(42(70)57-35(45(73)74)23(4)7-2)56-40(68)31(21-61)55-43(71)36(24(5)62)58-41(69)32-11-9-17-59(32)44(72)29(18-25-12-14-26(63)15-13-25)53-38(66)28(10-8-16-51-46(49)50)52-39(67)30(20-60)54-37(65)27(47)19-33(48)64/h12-15,22-24,27-32,34-36,60-63H,6-11,16-21,47H2,1-5H3,(H2,48,64)(H,52,67)(H,53,66)(H,54,65)(H,55,71)(H,56,68)(H,57,70)(H,58,69)(H,73,74)(H4,49,50,51)/p+2/t22-,23-,24+,27-,28-,29-,30-,31-,32-,34-,35-,36-/m0/s1. The van der Waals surface area contributed by atoms with Gasteiger partial charge in [0.25, 0.3) is 5.91 Å². The van der Waals surface area contributed by atoms with Gasteiger partial charge < -0.3 is 79.1 Å². The molecule has 74 heavy (non-hydrogen) atoms. The van der Waals surface area contributed by atoms with Crippen molar-refractivity contribution in [3.8, 4) is 5.75 Å². The molecule has 0 spiro atoms. The van der Waals surface area contributed by atoms with Gasteiger partial charge in [0.05, 0.1) is 32.3 Å². The van der Waals surface area contributed by atoms with Gasteiger partial charge in [-0.2, -0.15) is 0 Å². The van der Waals surface area contributed by atoms with E-state index in [0.717, 1.165) is 11.8 Å². The van der Waals surface area contributed by atoms with Gasteiger partial charge in [0.1, 0.15) is 54.1 Å². The van der Waals surface area contributed by atoms with E-state index in [9.17, 15) is 73.5 Å². The van der Waals surface area contributed by atoms with E-state index in [1.165, 1.54) is 24.3 Å². The van der Waals surface area contributed by atoms with Crippen molar-refractivity contribution in [3.05, 3.63) is 29.8 Å². The minimum atomic E-state index is -1.78. The second-order valence-corrected chi connectivity index (χ2v) is 18.4. The number of carbonyl (C=O) groups is 10. The lowest BCUT2D eigenvalue weighted by Gasteiger charge is -2.31. The summed E-state index contributed by atoms with van der Waals surface area (Å²) in [5, 5.41) is 67.6. The van der Waals surface area contributed by atoms with Gasteiger partial charge >= 0.3 is 11.9 Å². The molecule has 1 fully saturated rings. The first-order valence-electron chi connectivity index (χ1n) is 24.4. The molecular formula is C46H77N13O15+2. The molecule has 0 radical (unpaired) electrons. The SMILES string of the molecule is CC[C@H](C)[C@H](NC(=O)[C@@H](NC(=O)[C@H](CO)NC(=O)[C@@H](NC(=O)[C@@H]1CCCN1C(=O)[C@H](Cc1ccc(O)cc1)NC(=O)[C@H](CCC[NH+]=C(N)N)NC(=O)[C@H](CO)NC(=O)[C@@H]([NH3+])CC(N)=O)[C@@H](C)O)[C@@H](C)CC)C(=O)O. The highest BCUT2D eigenvalue weighted by molar-refractivity contribution is 5.98. The number of primary amides is 1. The Kier molecular flexibility index (Phi) is 26.2. The summed E-state index contributed by atoms with van der Waals surface area (Å²) in [4.78, 5) is 137. The molecule has 28 heteroatoms. The van der Waals surface area contributed by atoms with Gasteiger partial charge in [0, 0.05) is 13.0 Å². The summed E-state index contributed by atoms with van der Waals surface area (Å²) in [7, 11) is 0. The van der Waals surface area contributed by atoms with Crippen LogP contribution in [0.15, 0.2) is 24.3 Å². The molecule has 2 rings (SSSR count). The Morgan fingerprint density at radius 1 is 0.703 bits per heavy atom. The number of phenols is 1. The van der Waals surface area contributed by atoms with Crippen LogP contribution in [0.4, 0.5) is 0 Å². The molecule has 0 aromatic heterocycles. The fraction of sp³-hybridized carbons (Fsp3) is 0.630. The van der Waals surface area contributed by atoms with Crippen LogP contribution in [-0.2, 0) is 54.4 Å². The molecular weight excluding hydrogens is 975 g/mol. The first-order valence-corrected chi connectivity index (χ1v) is 24.4. The Morgan fingerprint density at radius 3 is 1.73 bits per heavy atom. The van der Waals surface area contributed by atoms with Crippen molar-refractivity contribution in [1.82, 2.24) is 42.1 Å². The van der Waals surface area contributed by atoms with Crippen LogP contribution < -0.4 is 65.1 Å². The Bertz CT molecular complexity index is 2140. The Labute approximate surface area is 427 Å². The zero-order valence-corrected chi connectivity index (χ0v) is 42.4. The van der Waals surface area contributed by atoms with Crippen LogP contribution in [0.2, 0.25) is 0 Å². The largest absolute Gasteiger partial charge is 0.508 e. The zero-order chi connectivity index (χ0) is 56.0. The highest BCUT2D eigenvalue weighted by atomic mass is 16.4. The second kappa shape index (κ2) is 30.8. The number of amides is 9. The van der Waals surface area contributed by atoms with Crippen molar-refractivity contribution in [2.24, 2.45) is 29.0 Å². The predicted molar refractivity (Wildman–Crippen MR) is 261 cm³/mol. The fourth-order valence-corrected chi connectivity index (χ4v) is 7.73. The number of aliphatic hydroxyl groups is 3. The number of carboxylic acids is 1. The van der Waals surface area contributed by atoms with Gasteiger partial charge in [0.15, 0.2) is 6.04 Å². The number of aliphatic hydroxyl groups excluding tert-OH is 3. The topological polar surface area (TPSA) is 479 Å². The van der Waals surface area contributed by atoms with Crippen LogP contribution in [0.5, 0.6) is 5.75 Å². The molecule has 414 valence electrons. The first kappa shape index (κ1) is 62.9. The summed E-state index contributed by atoms with van der Waals surface area (Å²) in [6.07, 6.45) is -1.24. The summed E-state index contributed by atoms with van der Waals surface area (Å²) >= 11 is 0. The summed E-state index contributed by atoms with van der Waals surface area (Å²) in [6, 6.07) is -7.53. The predicted octanol–water partition coefficient (Wildman–Crippen LogP) is -8.52. The third-order valence-corrected chi connectivity index (χ3v) is 12.5. The van der Waals surface area contributed by atoms with E-state index in [0.29, 0.717) is 18.4 Å². The number of nitrogens with zero attached hydrogens (tertiary/aromatic N) is 1. The molecule has 0 bridgehead atoms. The second-order valence-electron chi connectivity index (χ2n) is 18.4. The number of guanidine groups is 1. The quantitative estimate of drug-likeness (QED) is 0.0187. The van der Waals surface area contributed by atoms with E-state index in [-0.39, 0.29) is 56.9 Å². The van der Waals surface area contributed by atoms with Gasteiger partial charge in [0.2, 0.25) is 47.3 Å². The van der Waals surface area contributed by atoms with Crippen LogP contribution in [0.3, 0.4) is 0 Å². The van der Waals surface area contributed by atoms with Crippen molar-refractivity contribution in [3.63, 3.8) is 0 Å². The van der Waals surface area contributed by atoms with E-state index in [2.05, 4.69) is 47.9 Å². The summed E-state index contributed by atoms with van der Waals surface area (Å²) in [5.41, 5.74) is 20.1. The maximum absolute atomic E-state index is 14.6. The molecule has 22 N–H and O–H groups in total. The zero-order valence-electron chi connectivity index (χ0n) is 42.4. The smallest absolute Gasteiger partial charge is 0.338 e. The molecule has 1 aliphatic rings. The fourth-order valence-electron chi connectivity index (χ4n) is 7.73. The van der Waals surface area contributed by atoms with Crippen LogP contribution in [0, 0.1) is 11.8 Å². The number of nitrogens with two attached hydrogens (primary N) is 3. The van der Waals surface area contributed by atoms with Gasteiger partial charge in [-0.25, -0.2) is 4.79 Å². The number of likely N-dealkylation sites (tertiary alicyclic amines) is 1. The van der Waals surface area contributed by atoms with Crippen molar-refractivity contribution < 1.29 is 84.2 Å². The molecule has 1 heterocycles. The molecule has 1 aromatic carbocycles. The molecule has 0 unspecified atom stereocenters. The third-order valence-electron chi connectivity index (χ3n) is 12.5. The number of carbonyl (C=O) groups excluding carboxylic acids is 9. The number of nitrogens with one attached hydrogen (secondary N) is 8. The third kappa shape index (κ3) is 19.7. The Hall–Kier alpha value is -7.17. The summed E-state index contributed by atoms with van der Waals surface area (Å²) in [5.74, 6) is -11.0. The number of carboxylic acid groups (broad SMARTS) is 1. The van der Waals surface area contributed by atoms with Gasteiger partial charge in [-0.05, 0) is 62.1 Å². The lowest BCUT2D eigenvalue weighted by molar-refractivity contribution is -0.459. The van der Waals surface area contributed by atoms with Crippen molar-refractivity contribution >= 4 is 65.1 Å². The Morgan fingerprint density at radius 2 is 1.20 bits per heavy atom. The number of hydrogen-bond acceptors (Lipinski definition) is 14. The molecule has 12 atom stereocenters. The van der Waals surface area contributed by atoms with Crippen LogP contribution in [0.25, 0.3) is 0 Å². The average molecular weight is 1050 g/mol. The normalized spacial score (nSPS) is 17.6. The number of quaternary nitrogens is 1. The van der Waals surface area contributed by atoms with Crippen molar-refractivity contribution in [2.45, 2.75) is 146 Å². The number of phenolic OH excluding ortho intramolecular Hbond substituents is 1. The van der Waals surface area contributed by atoms with E-state index in [1.807, 2.05) is 0 Å². The summed E-state index contributed by atoms with van der Waals surface area (Å²) in [6.45, 7) is 6.02. The molecule has 1 aliphatic heterocycles. The van der Waals surface area contributed by atoms with Crippen molar-refractivity contribution in [2.75, 3.05) is 26.3 Å². The summed E-state index contributed by atoms with van der Waals surface area (Å²) < 4.78 is 0. The maximum atomic E-state index is 14.6. The molecule has 1 aromatic rings. The maximum Gasteiger partial charge on any atom is 0.338 e. The minimum absolute atomic E-state index is 0.0313. The first-order chi connectivity index (χ1) is 34.8.